The fourth-order valence-electron chi connectivity index (χ4n) is 17.8. The van der Waals surface area contributed by atoms with Gasteiger partial charge in [-0.25, -0.2) is 4.98 Å². The predicted octanol–water partition coefficient (Wildman–Crippen LogP) is 28.8. The summed E-state index contributed by atoms with van der Waals surface area (Å²) in [5.74, 6) is 0.900. The lowest BCUT2D eigenvalue weighted by Gasteiger charge is -2.14. The highest BCUT2D eigenvalue weighted by molar-refractivity contribution is 7.25. The van der Waals surface area contributed by atoms with Crippen molar-refractivity contribution in [2.75, 3.05) is 0 Å². The van der Waals surface area contributed by atoms with Gasteiger partial charge in [0.25, 0.3) is 0 Å². The molecule has 0 radical (unpaired) electrons. The van der Waals surface area contributed by atoms with Crippen molar-refractivity contribution in [3.63, 3.8) is 0 Å². The zero-order valence-electron chi connectivity index (χ0n) is 61.6. The van der Waals surface area contributed by atoms with Crippen LogP contribution in [0.3, 0.4) is 0 Å². The molecule has 0 N–H and O–H groups in total. The third kappa shape index (κ3) is 10.7. The maximum atomic E-state index is 6.18. The molecule has 0 aliphatic rings. The summed E-state index contributed by atoms with van der Waals surface area (Å²) in [6, 6.07) is 140. The second kappa shape index (κ2) is 26.4. The maximum absolute atomic E-state index is 6.18. The molecule has 0 amide bonds. The average molecular weight is 1470 g/mol. The van der Waals surface area contributed by atoms with Gasteiger partial charge in [0, 0.05) is 115 Å². The van der Waals surface area contributed by atoms with Crippen LogP contribution in [0.5, 0.6) is 0 Å². The Labute approximate surface area is 659 Å². The summed E-state index contributed by atoms with van der Waals surface area (Å²) in [6.07, 6.45) is 3.77. The molecular formula is C106H66N6OS. The van der Waals surface area contributed by atoms with Gasteiger partial charge in [-0.1, -0.05) is 231 Å². The van der Waals surface area contributed by atoms with Crippen LogP contribution in [0.1, 0.15) is 0 Å². The van der Waals surface area contributed by atoms with Gasteiger partial charge in [0.15, 0.2) is 0 Å². The van der Waals surface area contributed by atoms with Gasteiger partial charge >= 0.3 is 0 Å². The largest absolute Gasteiger partial charge is 0.456 e. The van der Waals surface area contributed by atoms with Crippen LogP contribution in [0.2, 0.25) is 0 Å². The number of furan rings is 1. The minimum absolute atomic E-state index is 0.900. The van der Waals surface area contributed by atoms with Crippen LogP contribution < -0.4 is 0 Å². The number of aromatic nitrogens is 6. The zero-order valence-corrected chi connectivity index (χ0v) is 62.4. The van der Waals surface area contributed by atoms with E-state index in [1.807, 2.05) is 41.9 Å². The predicted molar refractivity (Wildman–Crippen MR) is 479 cm³/mol. The maximum Gasteiger partial charge on any atom is 0.138 e. The lowest BCUT2D eigenvalue weighted by atomic mass is 9.98. The average Bonchev–Trinajstić information content (AvgIpc) is 1.59. The van der Waals surface area contributed by atoms with Crippen molar-refractivity contribution < 1.29 is 4.42 Å². The normalized spacial score (nSPS) is 11.9. The molecule has 16 aromatic carbocycles. The molecule has 0 bridgehead atoms. The van der Waals surface area contributed by atoms with Crippen LogP contribution in [0, 0.1) is 0 Å². The van der Waals surface area contributed by atoms with Crippen molar-refractivity contribution >= 4 is 141 Å². The number of rotatable bonds is 10. The number of thiophene rings is 1. The Bertz CT molecular complexity index is 7390. The summed E-state index contributed by atoms with van der Waals surface area (Å²) in [5, 5.41) is 14.7. The number of hydrogen-bond donors (Lipinski definition) is 0. The van der Waals surface area contributed by atoms with E-state index in [1.54, 1.807) is 0 Å². The summed E-state index contributed by atoms with van der Waals surface area (Å²) in [5.41, 5.74) is 28.3. The first-order chi connectivity index (χ1) is 56.5. The van der Waals surface area contributed by atoms with Crippen LogP contribution in [-0.2, 0) is 0 Å². The highest BCUT2D eigenvalue weighted by Crippen LogP contribution is 2.45. The van der Waals surface area contributed by atoms with E-state index in [-0.39, 0.29) is 0 Å². The smallest absolute Gasteiger partial charge is 0.138 e. The molecule has 0 fully saturated rings. The van der Waals surface area contributed by atoms with E-state index in [0.29, 0.717) is 0 Å². The van der Waals surface area contributed by atoms with Gasteiger partial charge in [0.2, 0.25) is 0 Å². The number of fused-ring (bicyclic) bond motifs is 18. The topological polar surface area (TPSA) is 58.6 Å². The van der Waals surface area contributed by atoms with E-state index >= 15 is 0 Å². The van der Waals surface area contributed by atoms with E-state index in [4.69, 9.17) is 9.40 Å². The van der Waals surface area contributed by atoms with Crippen molar-refractivity contribution in [3.8, 4) is 89.8 Å². The fraction of sp³-hybridized carbons (Fsp3) is 0. The standard InChI is InChI=1S/C53H33N3O.C53H33N3S/c1-2-11-34(12-3-1)38-27-39(37-13-10-26-54-33-37)29-41(28-38)56-49-18-8-5-15-43(49)46-31-36(21-24-51(46)56)35-20-23-50-45(30-35)42-14-4-7-17-48(42)55(50)40-22-25-53-47(32-40)44-16-6-9-19-52(44)57-53;1-3-13-34(14-4-1)38-31-46(35-15-5-2-6-16-35)54-53(32-38)56-48-21-11-8-18-41(48)44-30-37(24-27-50(44)56)36-23-26-49-43(29-36)40-17-7-10-20-47(40)55(49)39-25-28-52-45(33-39)42-19-9-12-22-51(42)57-52/h2*1-33H. The molecule has 114 heavy (non-hydrogen) atoms. The van der Waals surface area contributed by atoms with E-state index in [9.17, 15) is 0 Å². The molecule has 8 heteroatoms. The van der Waals surface area contributed by atoms with E-state index in [1.165, 1.54) is 141 Å². The monoisotopic (exact) mass is 1470 g/mol. The van der Waals surface area contributed by atoms with Crippen LogP contribution in [0.15, 0.2) is 405 Å². The molecule has 8 aromatic heterocycles. The molecule has 8 heterocycles. The lowest BCUT2D eigenvalue weighted by molar-refractivity contribution is 0.669. The number of hydrogen-bond acceptors (Lipinski definition) is 4. The molecule has 24 rings (SSSR count). The third-order valence-electron chi connectivity index (χ3n) is 23.1. The number of benzene rings is 16. The Morgan fingerprint density at radius 3 is 1.14 bits per heavy atom. The number of pyridine rings is 2. The Morgan fingerprint density at radius 2 is 0.605 bits per heavy atom. The Morgan fingerprint density at radius 1 is 0.211 bits per heavy atom. The Hall–Kier alpha value is -15.0. The zero-order chi connectivity index (χ0) is 74.9. The van der Waals surface area contributed by atoms with Crippen molar-refractivity contribution in [3.05, 3.63) is 401 Å². The fourth-order valence-corrected chi connectivity index (χ4v) is 18.9. The molecule has 7 nitrogen and oxygen atoms in total. The minimum Gasteiger partial charge on any atom is -0.456 e. The second-order valence-electron chi connectivity index (χ2n) is 29.6. The van der Waals surface area contributed by atoms with Crippen LogP contribution >= 0.6 is 11.3 Å². The van der Waals surface area contributed by atoms with Gasteiger partial charge in [-0.2, -0.15) is 0 Å². The van der Waals surface area contributed by atoms with Crippen molar-refractivity contribution in [2.24, 2.45) is 0 Å². The first-order valence-electron chi connectivity index (χ1n) is 38.7. The molecule has 0 unspecified atom stereocenters. The summed E-state index contributed by atoms with van der Waals surface area (Å²) >= 11 is 1.86. The molecule has 532 valence electrons. The molecule has 0 aliphatic heterocycles. The molecule has 0 atom stereocenters. The second-order valence-corrected chi connectivity index (χ2v) is 30.7. The minimum atomic E-state index is 0.900. The van der Waals surface area contributed by atoms with Gasteiger partial charge in [0.05, 0.1) is 49.8 Å². The summed E-state index contributed by atoms with van der Waals surface area (Å²) in [4.78, 5) is 9.79. The van der Waals surface area contributed by atoms with Gasteiger partial charge in [0.1, 0.15) is 17.0 Å². The van der Waals surface area contributed by atoms with Crippen LogP contribution in [-0.4, -0.2) is 28.2 Å². The van der Waals surface area contributed by atoms with Gasteiger partial charge < -0.3 is 18.1 Å². The molecule has 0 saturated heterocycles. The van der Waals surface area contributed by atoms with Crippen molar-refractivity contribution in [2.45, 2.75) is 0 Å². The molecule has 0 aliphatic carbocycles. The molecule has 0 spiro atoms. The van der Waals surface area contributed by atoms with Gasteiger partial charge in [-0.15, -0.1) is 11.3 Å². The van der Waals surface area contributed by atoms with Crippen LogP contribution in [0.25, 0.3) is 219 Å². The SMILES string of the molecule is c1ccc(-c2cc(-c3ccccc3)nc(-n3c4ccccc4c4cc(-c5ccc6c(c5)c5ccccc5n6-c5ccc6sc7ccccc7c6c5)ccc43)c2)cc1.c1ccc(-c2cc(-c3cccnc3)cc(-n3c4ccccc4c4cc(-c5ccc6c(c5)c5ccccc5n6-c5ccc6oc7ccccc7c6c5)ccc43)c2)cc1. The van der Waals surface area contributed by atoms with E-state index in [0.717, 1.165) is 78.1 Å². The number of para-hydroxylation sites is 5. The van der Waals surface area contributed by atoms with Crippen LogP contribution in [0.4, 0.5) is 0 Å². The molecule has 0 saturated carbocycles. The highest BCUT2D eigenvalue weighted by atomic mass is 32.1. The summed E-state index contributed by atoms with van der Waals surface area (Å²) < 4.78 is 18.4. The van der Waals surface area contributed by atoms with E-state index < -0.39 is 0 Å². The first kappa shape index (κ1) is 65.0. The Kier molecular flexibility index (Phi) is 15.0. The Balaban J connectivity index is 0.000000135. The van der Waals surface area contributed by atoms with Crippen molar-refractivity contribution in [1.82, 2.24) is 28.2 Å². The highest BCUT2D eigenvalue weighted by Gasteiger charge is 2.23. The quantitative estimate of drug-likeness (QED) is 0.137. The first-order valence-corrected chi connectivity index (χ1v) is 39.5. The van der Waals surface area contributed by atoms with E-state index in [2.05, 4.69) is 393 Å². The van der Waals surface area contributed by atoms with Gasteiger partial charge in [-0.3, -0.25) is 9.55 Å². The number of nitrogens with zero attached hydrogens (tertiary/aromatic N) is 6. The van der Waals surface area contributed by atoms with Crippen molar-refractivity contribution in [1.29, 1.82) is 0 Å². The van der Waals surface area contributed by atoms with Gasteiger partial charge in [-0.05, 0) is 208 Å². The molecular weight excluding hydrogens is 1410 g/mol. The third-order valence-corrected chi connectivity index (χ3v) is 24.2. The summed E-state index contributed by atoms with van der Waals surface area (Å²) in [7, 11) is 0. The molecule has 24 aromatic rings. The lowest BCUT2D eigenvalue weighted by Crippen LogP contribution is -2.00. The summed E-state index contributed by atoms with van der Waals surface area (Å²) in [6.45, 7) is 0.